The van der Waals surface area contributed by atoms with E-state index in [-0.39, 0.29) is 30.0 Å². The van der Waals surface area contributed by atoms with Crippen molar-refractivity contribution in [1.29, 1.82) is 0 Å². The first kappa shape index (κ1) is 21.6. The lowest BCUT2D eigenvalue weighted by molar-refractivity contribution is -0.131. The van der Waals surface area contributed by atoms with Crippen molar-refractivity contribution < 1.29 is 24.2 Å². The number of thioether (sulfide) groups is 1. The van der Waals surface area contributed by atoms with Gasteiger partial charge in [-0.05, 0) is 24.7 Å². The van der Waals surface area contributed by atoms with E-state index in [4.69, 9.17) is 14.6 Å². The summed E-state index contributed by atoms with van der Waals surface area (Å²) in [5.74, 6) is 1.43. The molecule has 4 rings (SSSR count). The van der Waals surface area contributed by atoms with Gasteiger partial charge >= 0.3 is 0 Å². The Bertz CT molecular complexity index is 731. The minimum absolute atomic E-state index is 0.0873. The molecular weight excluding hydrogens is 392 g/mol. The second-order valence-corrected chi connectivity index (χ2v) is 8.68. The Kier molecular flexibility index (Phi) is 7.18. The van der Waals surface area contributed by atoms with Crippen LogP contribution in [0.2, 0.25) is 0 Å². The van der Waals surface area contributed by atoms with Gasteiger partial charge in [0.15, 0.2) is 0 Å². The first-order valence-electron chi connectivity index (χ1n) is 9.86. The van der Waals surface area contributed by atoms with Gasteiger partial charge in [-0.25, -0.2) is 0 Å². The normalized spacial score (nSPS) is 29.0. The van der Waals surface area contributed by atoms with E-state index in [1.165, 1.54) is 11.8 Å². The Morgan fingerprint density at radius 1 is 1.38 bits per heavy atom. The molecule has 2 N–H and O–H groups in total. The molecule has 3 heterocycles. The molecule has 0 saturated carbocycles. The highest BCUT2D eigenvalue weighted by molar-refractivity contribution is 7.99. The summed E-state index contributed by atoms with van der Waals surface area (Å²) in [4.78, 5) is 35.0. The molecule has 29 heavy (non-hydrogen) atoms. The molecule has 3 aliphatic rings. The molecule has 4 atom stereocenters. The van der Waals surface area contributed by atoms with Gasteiger partial charge in [-0.15, -0.1) is 0 Å². The highest BCUT2D eigenvalue weighted by Crippen LogP contribution is 2.54. The third-order valence-electron chi connectivity index (χ3n) is 6.15. The number of hydrogen-bond donors (Lipinski definition) is 2. The summed E-state index contributed by atoms with van der Waals surface area (Å²) in [6.45, 7) is 1.87. The predicted octanol–water partition coefficient (Wildman–Crippen LogP) is 1.42. The third-order valence-corrected chi connectivity index (χ3v) is 6.70. The summed E-state index contributed by atoms with van der Waals surface area (Å²) in [6.07, 6.45) is 4.69. The van der Waals surface area contributed by atoms with E-state index in [0.29, 0.717) is 37.1 Å². The van der Waals surface area contributed by atoms with Crippen LogP contribution >= 0.6 is 11.8 Å². The van der Waals surface area contributed by atoms with Crippen LogP contribution in [0.3, 0.4) is 0 Å². The molecule has 3 fully saturated rings. The zero-order valence-corrected chi connectivity index (χ0v) is 17.4. The molecule has 0 aromatic heterocycles. The van der Waals surface area contributed by atoms with Crippen LogP contribution in [0.25, 0.3) is 0 Å². The molecule has 3 saturated heterocycles. The summed E-state index contributed by atoms with van der Waals surface area (Å²) >= 11 is 1.53. The largest absolute Gasteiger partial charge is 0.483 e. The van der Waals surface area contributed by atoms with Gasteiger partial charge in [-0.3, -0.25) is 14.4 Å². The van der Waals surface area contributed by atoms with Gasteiger partial charge in [-0.2, -0.15) is 11.8 Å². The van der Waals surface area contributed by atoms with Crippen molar-refractivity contribution in [3.8, 4) is 0 Å². The van der Waals surface area contributed by atoms with Gasteiger partial charge < -0.3 is 20.1 Å². The Balaban J connectivity index is 0.000000755. The van der Waals surface area contributed by atoms with Gasteiger partial charge in [0.1, 0.15) is 0 Å². The molecule has 158 valence electrons. The fourth-order valence-corrected chi connectivity index (χ4v) is 5.31. The van der Waals surface area contributed by atoms with Crippen LogP contribution in [0.4, 0.5) is 0 Å². The number of hydrogen-bond acceptors (Lipinski definition) is 5. The fraction of sp³-hybridized carbons (Fsp3) is 0.571. The SMILES string of the molecule is CSCC(=O)NC[C@H]1[C@H]2CN(C(=O)Cc3ccccc3)C[C@]23CC[C@H]1O3.O=CO. The monoisotopic (exact) mass is 420 g/mol. The van der Waals surface area contributed by atoms with E-state index in [1.54, 1.807) is 0 Å². The molecule has 7 nitrogen and oxygen atoms in total. The highest BCUT2D eigenvalue weighted by atomic mass is 32.2. The van der Waals surface area contributed by atoms with E-state index in [0.717, 1.165) is 24.9 Å². The van der Waals surface area contributed by atoms with Crippen LogP contribution in [0.15, 0.2) is 30.3 Å². The standard InChI is InChI=1S/C20H26N2O3S.CH2O2/c1-26-12-18(23)21-10-15-16-11-22(13-20(16)8-7-17(15)25-20)19(24)9-14-5-3-2-4-6-14;2-1-3/h2-6,15-17H,7-13H2,1H3,(H,21,23);1H,(H,2,3)/t15-,16+,17+,20+;/m0./s1. The van der Waals surface area contributed by atoms with Crippen molar-refractivity contribution in [2.45, 2.75) is 31.0 Å². The van der Waals surface area contributed by atoms with Crippen molar-refractivity contribution in [3.05, 3.63) is 35.9 Å². The van der Waals surface area contributed by atoms with Gasteiger partial charge in [0.2, 0.25) is 11.8 Å². The molecule has 0 radical (unpaired) electrons. The molecule has 2 bridgehead atoms. The molecule has 3 aliphatic heterocycles. The van der Waals surface area contributed by atoms with E-state index in [9.17, 15) is 9.59 Å². The number of ether oxygens (including phenoxy) is 1. The van der Waals surface area contributed by atoms with E-state index < -0.39 is 0 Å². The Hall–Kier alpha value is -2.06. The second kappa shape index (κ2) is 9.63. The average Bonchev–Trinajstić information content (AvgIpc) is 3.36. The number of carboxylic acid groups (broad SMARTS) is 1. The summed E-state index contributed by atoms with van der Waals surface area (Å²) in [7, 11) is 0. The third kappa shape index (κ3) is 4.75. The topological polar surface area (TPSA) is 95.9 Å². The average molecular weight is 421 g/mol. The number of fused-ring (bicyclic) bond motifs is 1. The van der Waals surface area contributed by atoms with Crippen molar-refractivity contribution >= 4 is 30.0 Å². The van der Waals surface area contributed by atoms with Crippen LogP contribution < -0.4 is 5.32 Å². The number of likely N-dealkylation sites (tertiary alicyclic amines) is 1. The maximum absolute atomic E-state index is 12.8. The summed E-state index contributed by atoms with van der Waals surface area (Å²) < 4.78 is 6.37. The van der Waals surface area contributed by atoms with Crippen molar-refractivity contribution in [2.75, 3.05) is 31.6 Å². The van der Waals surface area contributed by atoms with Crippen molar-refractivity contribution in [2.24, 2.45) is 11.8 Å². The molecule has 8 heteroatoms. The summed E-state index contributed by atoms with van der Waals surface area (Å²) in [5.41, 5.74) is 0.879. The number of rotatable bonds is 6. The zero-order chi connectivity index (χ0) is 20.9. The van der Waals surface area contributed by atoms with Crippen molar-refractivity contribution in [3.63, 3.8) is 0 Å². The Labute approximate surface area is 175 Å². The first-order valence-corrected chi connectivity index (χ1v) is 11.3. The van der Waals surface area contributed by atoms with E-state index in [2.05, 4.69) is 5.32 Å². The highest BCUT2D eigenvalue weighted by Gasteiger charge is 2.63. The van der Waals surface area contributed by atoms with Crippen LogP contribution in [-0.2, 0) is 25.5 Å². The first-order chi connectivity index (χ1) is 14.0. The minimum atomic E-state index is -0.250. The lowest BCUT2D eigenvalue weighted by Crippen LogP contribution is -2.42. The Morgan fingerprint density at radius 2 is 2.10 bits per heavy atom. The summed E-state index contributed by atoms with van der Waals surface area (Å²) in [5, 5.41) is 9.95. The smallest absolute Gasteiger partial charge is 0.290 e. The quantitative estimate of drug-likeness (QED) is 0.676. The molecule has 0 aliphatic carbocycles. The summed E-state index contributed by atoms with van der Waals surface area (Å²) in [6, 6.07) is 9.91. The molecule has 0 unspecified atom stereocenters. The van der Waals surface area contributed by atoms with Gasteiger partial charge in [0.25, 0.3) is 6.47 Å². The fourth-order valence-electron chi connectivity index (χ4n) is 4.95. The lowest BCUT2D eigenvalue weighted by atomic mass is 9.73. The van der Waals surface area contributed by atoms with Crippen LogP contribution in [0.5, 0.6) is 0 Å². The zero-order valence-electron chi connectivity index (χ0n) is 16.6. The number of nitrogens with zero attached hydrogens (tertiary/aromatic N) is 1. The second-order valence-electron chi connectivity index (χ2n) is 7.81. The lowest BCUT2D eigenvalue weighted by Gasteiger charge is -2.29. The van der Waals surface area contributed by atoms with Gasteiger partial charge in [0, 0.05) is 24.9 Å². The minimum Gasteiger partial charge on any atom is -0.483 e. The molecule has 2 amide bonds. The van der Waals surface area contributed by atoms with Gasteiger partial charge in [0.05, 0.1) is 30.4 Å². The number of nitrogens with one attached hydrogen (secondary N) is 1. The number of carbonyl (C=O) groups excluding carboxylic acids is 2. The van der Waals surface area contributed by atoms with Crippen molar-refractivity contribution in [1.82, 2.24) is 10.2 Å². The molecule has 1 aromatic carbocycles. The molecule has 1 spiro atoms. The Morgan fingerprint density at radius 3 is 2.79 bits per heavy atom. The number of benzene rings is 1. The number of amides is 2. The predicted molar refractivity (Wildman–Crippen MR) is 111 cm³/mol. The van der Waals surface area contributed by atoms with E-state index >= 15 is 0 Å². The maximum Gasteiger partial charge on any atom is 0.290 e. The van der Waals surface area contributed by atoms with Gasteiger partial charge in [-0.1, -0.05) is 30.3 Å². The number of carbonyl (C=O) groups is 3. The van der Waals surface area contributed by atoms with Crippen LogP contribution in [0.1, 0.15) is 18.4 Å². The van der Waals surface area contributed by atoms with Crippen LogP contribution in [-0.4, -0.2) is 71.6 Å². The molecule has 1 aromatic rings. The molecular formula is C21H28N2O5S. The van der Waals surface area contributed by atoms with Crippen LogP contribution in [0, 0.1) is 11.8 Å². The van der Waals surface area contributed by atoms with E-state index in [1.807, 2.05) is 41.5 Å². The maximum atomic E-state index is 12.8.